The maximum atomic E-state index is 13.1. The molecule has 0 atom stereocenters. The van der Waals surface area contributed by atoms with E-state index in [1.165, 1.54) is 11.8 Å². The molecule has 0 fully saturated rings. The van der Waals surface area contributed by atoms with Gasteiger partial charge in [-0.1, -0.05) is 55.4 Å². The van der Waals surface area contributed by atoms with E-state index in [4.69, 9.17) is 0 Å². The van der Waals surface area contributed by atoms with E-state index >= 15 is 0 Å². The number of benzene rings is 2. The first-order valence-electron chi connectivity index (χ1n) is 10.9. The number of unbranched alkanes of at least 4 members (excludes halogenated alkanes) is 1. The Balaban J connectivity index is 1.57. The van der Waals surface area contributed by atoms with Crippen molar-refractivity contribution >= 4 is 28.4 Å². The van der Waals surface area contributed by atoms with Gasteiger partial charge in [-0.3, -0.25) is 13.8 Å². The predicted octanol–water partition coefficient (Wildman–Crippen LogP) is 3.73. The van der Waals surface area contributed by atoms with E-state index in [0.29, 0.717) is 28.6 Å². The Morgan fingerprint density at radius 2 is 1.76 bits per heavy atom. The molecule has 2 aromatic carbocycles. The summed E-state index contributed by atoms with van der Waals surface area (Å²) in [5.74, 6) is 1.78. The van der Waals surface area contributed by atoms with Gasteiger partial charge in [-0.15, -0.1) is 15.3 Å². The number of hydrogen-bond acceptors (Lipinski definition) is 7. The summed E-state index contributed by atoms with van der Waals surface area (Å²) in [6, 6.07) is 13.7. The van der Waals surface area contributed by atoms with Crippen molar-refractivity contribution in [1.29, 1.82) is 0 Å². The first kappa shape index (κ1) is 21.3. The normalized spacial score (nSPS) is 11.6. The molecule has 3 aromatic heterocycles. The van der Waals surface area contributed by atoms with Gasteiger partial charge in [0.1, 0.15) is 0 Å². The van der Waals surface area contributed by atoms with Crippen LogP contribution in [0.1, 0.15) is 36.7 Å². The lowest BCUT2D eigenvalue weighted by Gasteiger charge is -2.11. The highest BCUT2D eigenvalue weighted by atomic mass is 32.2. The SMILES string of the molecule is CCCCn1c(=O)c2ccccc2n2c(SCc3nnnn3-c3c(C)cccc3C)nnc12. The molecule has 5 aromatic rings. The van der Waals surface area contributed by atoms with Crippen LogP contribution in [0.2, 0.25) is 0 Å². The van der Waals surface area contributed by atoms with Crippen molar-refractivity contribution in [3.8, 4) is 5.69 Å². The highest BCUT2D eigenvalue weighted by Crippen LogP contribution is 2.26. The smallest absolute Gasteiger partial charge is 0.262 e. The van der Waals surface area contributed by atoms with Crippen molar-refractivity contribution in [3.63, 3.8) is 0 Å². The van der Waals surface area contributed by atoms with Crippen LogP contribution in [-0.4, -0.2) is 39.4 Å². The van der Waals surface area contributed by atoms with Crippen LogP contribution in [0.25, 0.3) is 22.4 Å². The topological polar surface area (TPSA) is 95.8 Å². The molecule has 9 nitrogen and oxygen atoms in total. The summed E-state index contributed by atoms with van der Waals surface area (Å²) in [6.07, 6.45) is 1.88. The lowest BCUT2D eigenvalue weighted by molar-refractivity contribution is 0.620. The highest BCUT2D eigenvalue weighted by Gasteiger charge is 2.18. The summed E-state index contributed by atoms with van der Waals surface area (Å²) in [5.41, 5.74) is 3.96. The van der Waals surface area contributed by atoms with Crippen LogP contribution in [0, 0.1) is 13.8 Å². The first-order chi connectivity index (χ1) is 16.1. The molecule has 33 heavy (non-hydrogen) atoms. The predicted molar refractivity (Wildman–Crippen MR) is 128 cm³/mol. The van der Waals surface area contributed by atoms with Gasteiger partial charge < -0.3 is 0 Å². The molecule has 3 heterocycles. The van der Waals surface area contributed by atoms with E-state index in [9.17, 15) is 4.79 Å². The third kappa shape index (κ3) is 3.70. The third-order valence-electron chi connectivity index (χ3n) is 5.73. The Morgan fingerprint density at radius 3 is 2.55 bits per heavy atom. The fourth-order valence-electron chi connectivity index (χ4n) is 4.08. The molecule has 0 bridgehead atoms. The Labute approximate surface area is 194 Å². The van der Waals surface area contributed by atoms with Crippen LogP contribution < -0.4 is 5.56 Å². The number of rotatable bonds is 7. The minimum absolute atomic E-state index is 0.0329. The highest BCUT2D eigenvalue weighted by molar-refractivity contribution is 7.98. The van der Waals surface area contributed by atoms with E-state index in [1.807, 2.05) is 34.7 Å². The van der Waals surface area contributed by atoms with E-state index in [0.717, 1.165) is 41.0 Å². The quantitative estimate of drug-likeness (QED) is 0.342. The summed E-state index contributed by atoms with van der Waals surface area (Å²) in [7, 11) is 0. The summed E-state index contributed by atoms with van der Waals surface area (Å²) in [6.45, 7) is 6.81. The first-order valence-corrected chi connectivity index (χ1v) is 11.9. The average Bonchev–Trinajstić information content (AvgIpc) is 3.45. The number of nitrogens with zero attached hydrogens (tertiary/aromatic N) is 8. The fourth-order valence-corrected chi connectivity index (χ4v) is 4.93. The van der Waals surface area contributed by atoms with Gasteiger partial charge in [0.15, 0.2) is 11.0 Å². The standard InChI is InChI=1S/C23H24N8OS/c1-4-5-13-29-21(32)17-11-6-7-12-18(17)30-22(29)25-26-23(30)33-14-19-24-27-28-31(19)20-15(2)9-8-10-16(20)3/h6-12H,4-5,13-14H2,1-3H3. The van der Waals surface area contributed by atoms with Crippen molar-refractivity contribution in [2.24, 2.45) is 0 Å². The monoisotopic (exact) mass is 460 g/mol. The van der Waals surface area contributed by atoms with Crippen molar-refractivity contribution in [2.45, 2.75) is 51.1 Å². The molecular weight excluding hydrogens is 436 g/mol. The molecule has 0 radical (unpaired) electrons. The fraction of sp³-hybridized carbons (Fsp3) is 0.304. The average molecular weight is 461 g/mol. The molecule has 0 N–H and O–H groups in total. The van der Waals surface area contributed by atoms with Gasteiger partial charge in [0.2, 0.25) is 5.78 Å². The summed E-state index contributed by atoms with van der Waals surface area (Å²) in [5, 5.41) is 22.6. The summed E-state index contributed by atoms with van der Waals surface area (Å²) in [4.78, 5) is 13.1. The molecule has 0 aliphatic rings. The minimum Gasteiger partial charge on any atom is -0.276 e. The second kappa shape index (κ2) is 8.78. The molecule has 0 saturated heterocycles. The Hall–Kier alpha value is -3.53. The molecule has 0 saturated carbocycles. The number of fused-ring (bicyclic) bond motifs is 3. The van der Waals surface area contributed by atoms with Gasteiger partial charge in [0.25, 0.3) is 5.56 Å². The van der Waals surface area contributed by atoms with Gasteiger partial charge in [-0.2, -0.15) is 4.68 Å². The van der Waals surface area contributed by atoms with Crippen molar-refractivity contribution in [1.82, 2.24) is 39.4 Å². The van der Waals surface area contributed by atoms with E-state index in [2.05, 4.69) is 58.6 Å². The van der Waals surface area contributed by atoms with E-state index in [-0.39, 0.29) is 5.56 Å². The zero-order valence-electron chi connectivity index (χ0n) is 18.8. The number of aryl methyl sites for hydroxylation is 3. The van der Waals surface area contributed by atoms with Crippen LogP contribution in [0.5, 0.6) is 0 Å². The number of para-hydroxylation sites is 2. The molecular formula is C23H24N8OS. The second-order valence-electron chi connectivity index (χ2n) is 7.98. The van der Waals surface area contributed by atoms with Gasteiger partial charge >= 0.3 is 0 Å². The molecule has 0 spiro atoms. The van der Waals surface area contributed by atoms with Gasteiger partial charge in [-0.05, 0) is 54.0 Å². The van der Waals surface area contributed by atoms with Crippen LogP contribution in [0.3, 0.4) is 0 Å². The van der Waals surface area contributed by atoms with Crippen LogP contribution in [0.4, 0.5) is 0 Å². The van der Waals surface area contributed by atoms with Crippen LogP contribution >= 0.6 is 11.8 Å². The van der Waals surface area contributed by atoms with E-state index < -0.39 is 0 Å². The van der Waals surface area contributed by atoms with E-state index in [1.54, 1.807) is 9.25 Å². The minimum atomic E-state index is -0.0329. The molecule has 0 unspecified atom stereocenters. The van der Waals surface area contributed by atoms with Crippen molar-refractivity contribution in [2.75, 3.05) is 0 Å². The number of tetrazole rings is 1. The Bertz CT molecular complexity index is 1500. The van der Waals surface area contributed by atoms with Gasteiger partial charge in [-0.25, -0.2) is 0 Å². The zero-order chi connectivity index (χ0) is 22.9. The van der Waals surface area contributed by atoms with Gasteiger partial charge in [0.05, 0.1) is 22.3 Å². The lowest BCUT2D eigenvalue weighted by Crippen LogP contribution is -2.23. The molecule has 5 rings (SSSR count). The molecule has 0 aliphatic heterocycles. The Kier molecular flexibility index (Phi) is 5.67. The molecule has 0 aliphatic carbocycles. The molecule has 0 amide bonds. The third-order valence-corrected chi connectivity index (χ3v) is 6.65. The number of thioether (sulfide) groups is 1. The maximum absolute atomic E-state index is 13.1. The largest absolute Gasteiger partial charge is 0.276 e. The zero-order valence-corrected chi connectivity index (χ0v) is 19.6. The van der Waals surface area contributed by atoms with Crippen LogP contribution in [-0.2, 0) is 12.3 Å². The second-order valence-corrected chi connectivity index (χ2v) is 8.92. The van der Waals surface area contributed by atoms with Crippen molar-refractivity contribution in [3.05, 3.63) is 69.8 Å². The maximum Gasteiger partial charge on any atom is 0.262 e. The summed E-state index contributed by atoms with van der Waals surface area (Å²) >= 11 is 1.50. The van der Waals surface area contributed by atoms with Crippen LogP contribution in [0.15, 0.2) is 52.4 Å². The van der Waals surface area contributed by atoms with Gasteiger partial charge in [0, 0.05) is 6.54 Å². The Morgan fingerprint density at radius 1 is 0.970 bits per heavy atom. The van der Waals surface area contributed by atoms with Crippen molar-refractivity contribution < 1.29 is 0 Å². The number of hydrogen-bond donors (Lipinski definition) is 0. The number of aromatic nitrogens is 8. The lowest BCUT2D eigenvalue weighted by atomic mass is 10.1. The summed E-state index contributed by atoms with van der Waals surface area (Å²) < 4.78 is 5.48. The molecule has 168 valence electrons. The molecule has 10 heteroatoms.